The molecule has 1 saturated heterocycles. The fraction of sp³-hybridized carbons (Fsp3) is 0.778. The molecule has 0 spiro atoms. The molecule has 0 amide bonds. The first-order valence-electron chi connectivity index (χ1n) is 4.98. The molecular formula is C9H16N4O. The molecule has 2 atom stereocenters. The molecule has 0 saturated carbocycles. The molecule has 2 unspecified atom stereocenters. The van der Waals surface area contributed by atoms with Crippen LogP contribution in [0.4, 0.5) is 0 Å². The van der Waals surface area contributed by atoms with Crippen LogP contribution in [0.5, 0.6) is 0 Å². The van der Waals surface area contributed by atoms with E-state index in [-0.39, 0.29) is 0 Å². The van der Waals surface area contributed by atoms with Gasteiger partial charge in [-0.25, -0.2) is 0 Å². The molecule has 0 radical (unpaired) electrons. The molecule has 0 bridgehead atoms. The zero-order valence-electron chi connectivity index (χ0n) is 8.60. The molecule has 1 aromatic rings. The Kier molecular flexibility index (Phi) is 2.79. The standard InChI is InChI=1S/C9H16N4O/c1-7-4-13(8(2)3-10-7)5-9-11-6-12-14-9/h6-8,10H,3-5H2,1-2H3. The first kappa shape index (κ1) is 9.61. The summed E-state index contributed by atoms with van der Waals surface area (Å²) in [6, 6.07) is 1.06. The van der Waals surface area contributed by atoms with Crippen molar-refractivity contribution in [1.82, 2.24) is 20.4 Å². The number of nitrogens with one attached hydrogen (secondary N) is 1. The number of hydrogen-bond donors (Lipinski definition) is 1. The normalized spacial score (nSPS) is 29.3. The van der Waals surface area contributed by atoms with E-state index in [1.807, 2.05) is 0 Å². The van der Waals surface area contributed by atoms with Crippen molar-refractivity contribution in [2.75, 3.05) is 13.1 Å². The van der Waals surface area contributed by atoms with Crippen molar-refractivity contribution in [1.29, 1.82) is 0 Å². The van der Waals surface area contributed by atoms with Crippen LogP contribution < -0.4 is 5.32 Å². The zero-order valence-corrected chi connectivity index (χ0v) is 8.60. The molecule has 2 rings (SSSR count). The van der Waals surface area contributed by atoms with E-state index in [1.165, 1.54) is 6.33 Å². The Balaban J connectivity index is 1.95. The lowest BCUT2D eigenvalue weighted by molar-refractivity contribution is 0.123. The van der Waals surface area contributed by atoms with Gasteiger partial charge in [0.15, 0.2) is 6.33 Å². The van der Waals surface area contributed by atoms with Gasteiger partial charge in [0.05, 0.1) is 6.54 Å². The number of hydrogen-bond acceptors (Lipinski definition) is 5. The summed E-state index contributed by atoms with van der Waals surface area (Å²) in [5.74, 6) is 0.700. The van der Waals surface area contributed by atoms with Gasteiger partial charge in [-0.15, -0.1) is 0 Å². The Labute approximate surface area is 83.5 Å². The second-order valence-corrected chi connectivity index (χ2v) is 3.92. The molecule has 1 aliphatic rings. The highest BCUT2D eigenvalue weighted by molar-refractivity contribution is 4.85. The van der Waals surface area contributed by atoms with Crippen LogP contribution in [0.25, 0.3) is 0 Å². The Hall–Kier alpha value is -0.940. The van der Waals surface area contributed by atoms with E-state index >= 15 is 0 Å². The largest absolute Gasteiger partial charge is 0.338 e. The summed E-state index contributed by atoms with van der Waals surface area (Å²) < 4.78 is 5.00. The quantitative estimate of drug-likeness (QED) is 0.735. The monoisotopic (exact) mass is 196 g/mol. The minimum absolute atomic E-state index is 0.526. The molecule has 0 aromatic carbocycles. The van der Waals surface area contributed by atoms with Crippen molar-refractivity contribution in [2.24, 2.45) is 0 Å². The predicted octanol–water partition coefficient (Wildman–Crippen LogP) is 0.252. The fourth-order valence-corrected chi connectivity index (χ4v) is 1.76. The van der Waals surface area contributed by atoms with Crippen molar-refractivity contribution in [3.63, 3.8) is 0 Å². The van der Waals surface area contributed by atoms with E-state index < -0.39 is 0 Å². The smallest absolute Gasteiger partial charge is 0.240 e. The summed E-state index contributed by atoms with van der Waals surface area (Å²) in [6.07, 6.45) is 1.45. The van der Waals surface area contributed by atoms with Crippen molar-refractivity contribution < 1.29 is 4.52 Å². The maximum absolute atomic E-state index is 5.00. The van der Waals surface area contributed by atoms with E-state index in [4.69, 9.17) is 4.52 Å². The van der Waals surface area contributed by atoms with E-state index in [2.05, 4.69) is 34.2 Å². The molecule has 78 valence electrons. The Bertz CT molecular complexity index is 274. The molecule has 5 heteroatoms. The number of nitrogens with zero attached hydrogens (tertiary/aromatic N) is 3. The van der Waals surface area contributed by atoms with Gasteiger partial charge in [0.25, 0.3) is 0 Å². The lowest BCUT2D eigenvalue weighted by atomic mass is 10.1. The third-order valence-corrected chi connectivity index (χ3v) is 2.64. The van der Waals surface area contributed by atoms with Crippen molar-refractivity contribution in [2.45, 2.75) is 32.5 Å². The minimum atomic E-state index is 0.526. The van der Waals surface area contributed by atoms with E-state index in [9.17, 15) is 0 Å². The molecule has 0 aliphatic carbocycles. The van der Waals surface area contributed by atoms with E-state index in [0.29, 0.717) is 18.0 Å². The number of aromatic nitrogens is 2. The van der Waals surface area contributed by atoms with Crippen molar-refractivity contribution >= 4 is 0 Å². The Morgan fingerprint density at radius 2 is 2.50 bits per heavy atom. The van der Waals surface area contributed by atoms with Gasteiger partial charge in [-0.2, -0.15) is 4.98 Å². The second-order valence-electron chi connectivity index (χ2n) is 3.92. The Morgan fingerprint density at radius 1 is 1.64 bits per heavy atom. The lowest BCUT2D eigenvalue weighted by Gasteiger charge is -2.36. The van der Waals surface area contributed by atoms with Crippen LogP contribution in [-0.2, 0) is 6.54 Å². The molecule has 2 heterocycles. The second kappa shape index (κ2) is 4.06. The van der Waals surface area contributed by atoms with Crippen LogP contribution in [-0.4, -0.2) is 40.2 Å². The van der Waals surface area contributed by atoms with Crippen LogP contribution in [0.2, 0.25) is 0 Å². The summed E-state index contributed by atoms with van der Waals surface area (Å²) in [5, 5.41) is 7.04. The summed E-state index contributed by atoms with van der Waals surface area (Å²) in [6.45, 7) is 7.20. The third-order valence-electron chi connectivity index (χ3n) is 2.64. The van der Waals surface area contributed by atoms with Crippen LogP contribution in [0.3, 0.4) is 0 Å². The highest BCUT2D eigenvalue weighted by Gasteiger charge is 2.23. The van der Waals surface area contributed by atoms with Crippen molar-refractivity contribution in [3.8, 4) is 0 Å². The summed E-state index contributed by atoms with van der Waals surface area (Å²) in [7, 11) is 0. The lowest BCUT2D eigenvalue weighted by Crippen LogP contribution is -2.53. The van der Waals surface area contributed by atoms with Crippen LogP contribution >= 0.6 is 0 Å². The topological polar surface area (TPSA) is 54.2 Å². The molecule has 1 aromatic heterocycles. The van der Waals surface area contributed by atoms with E-state index in [0.717, 1.165) is 19.6 Å². The highest BCUT2D eigenvalue weighted by Crippen LogP contribution is 2.10. The minimum Gasteiger partial charge on any atom is -0.338 e. The average Bonchev–Trinajstić information content (AvgIpc) is 2.64. The predicted molar refractivity (Wildman–Crippen MR) is 51.6 cm³/mol. The first-order valence-corrected chi connectivity index (χ1v) is 4.98. The SMILES string of the molecule is CC1CN(Cc2ncno2)C(C)CN1. The van der Waals surface area contributed by atoms with Gasteiger partial charge < -0.3 is 9.84 Å². The van der Waals surface area contributed by atoms with Crippen LogP contribution in [0.15, 0.2) is 10.9 Å². The molecular weight excluding hydrogens is 180 g/mol. The van der Waals surface area contributed by atoms with Gasteiger partial charge in [0.1, 0.15) is 0 Å². The zero-order chi connectivity index (χ0) is 9.97. The number of piperazine rings is 1. The third kappa shape index (κ3) is 2.10. The summed E-state index contributed by atoms with van der Waals surface area (Å²) in [4.78, 5) is 6.39. The fourth-order valence-electron chi connectivity index (χ4n) is 1.76. The summed E-state index contributed by atoms with van der Waals surface area (Å²) in [5.41, 5.74) is 0. The maximum atomic E-state index is 5.00. The molecule has 1 N–H and O–H groups in total. The average molecular weight is 196 g/mol. The van der Waals surface area contributed by atoms with Crippen LogP contribution in [0.1, 0.15) is 19.7 Å². The first-order chi connectivity index (χ1) is 6.75. The van der Waals surface area contributed by atoms with Crippen molar-refractivity contribution in [3.05, 3.63) is 12.2 Å². The van der Waals surface area contributed by atoms with E-state index in [1.54, 1.807) is 0 Å². The van der Waals surface area contributed by atoms with Gasteiger partial charge in [-0.3, -0.25) is 4.90 Å². The molecule has 14 heavy (non-hydrogen) atoms. The maximum Gasteiger partial charge on any atom is 0.240 e. The Morgan fingerprint density at radius 3 is 3.21 bits per heavy atom. The number of rotatable bonds is 2. The molecule has 1 fully saturated rings. The molecule has 5 nitrogen and oxygen atoms in total. The summed E-state index contributed by atoms with van der Waals surface area (Å²) >= 11 is 0. The van der Waals surface area contributed by atoms with Gasteiger partial charge in [-0.1, -0.05) is 5.16 Å². The van der Waals surface area contributed by atoms with Gasteiger partial charge in [0, 0.05) is 25.2 Å². The van der Waals surface area contributed by atoms with Crippen LogP contribution in [0, 0.1) is 0 Å². The highest BCUT2D eigenvalue weighted by atomic mass is 16.5. The van der Waals surface area contributed by atoms with Gasteiger partial charge in [0.2, 0.25) is 5.89 Å². The van der Waals surface area contributed by atoms with Gasteiger partial charge in [-0.05, 0) is 13.8 Å². The molecule has 1 aliphatic heterocycles. The van der Waals surface area contributed by atoms with Gasteiger partial charge >= 0.3 is 0 Å².